The van der Waals surface area contributed by atoms with Gasteiger partial charge >= 0.3 is 0 Å². The molecule has 1 aliphatic rings. The molecular weight excluding hydrogens is 326 g/mol. The molecule has 0 aliphatic carbocycles. The molecule has 1 N–H and O–H groups in total. The largest absolute Gasteiger partial charge is 0.486 e. The van der Waals surface area contributed by atoms with Crippen LogP contribution in [-0.2, 0) is 0 Å². The van der Waals surface area contributed by atoms with E-state index in [4.69, 9.17) is 9.47 Å². The van der Waals surface area contributed by atoms with Gasteiger partial charge in [-0.3, -0.25) is 9.78 Å². The molecule has 0 atom stereocenters. The van der Waals surface area contributed by atoms with Crippen LogP contribution in [0.1, 0.15) is 9.67 Å². The van der Waals surface area contributed by atoms with Crippen molar-refractivity contribution in [3.63, 3.8) is 0 Å². The zero-order chi connectivity index (χ0) is 16.4. The minimum atomic E-state index is -0.239. The van der Waals surface area contributed by atoms with Crippen LogP contribution in [0.3, 0.4) is 0 Å². The highest BCUT2D eigenvalue weighted by Crippen LogP contribution is 2.37. The zero-order valence-electron chi connectivity index (χ0n) is 12.6. The molecule has 0 unspecified atom stereocenters. The lowest BCUT2D eigenvalue weighted by Crippen LogP contribution is -2.18. The van der Waals surface area contributed by atoms with Gasteiger partial charge in [-0.1, -0.05) is 12.1 Å². The van der Waals surface area contributed by atoms with Gasteiger partial charge in [0.2, 0.25) is 0 Å². The van der Waals surface area contributed by atoms with Crippen molar-refractivity contribution in [2.45, 2.75) is 0 Å². The molecule has 24 heavy (non-hydrogen) atoms. The van der Waals surface area contributed by atoms with Crippen LogP contribution in [0, 0.1) is 0 Å². The number of benzene rings is 1. The first kappa shape index (κ1) is 14.6. The number of amides is 1. The number of rotatable bonds is 3. The van der Waals surface area contributed by atoms with E-state index in [1.54, 1.807) is 18.5 Å². The van der Waals surface area contributed by atoms with E-state index in [2.05, 4.69) is 15.3 Å². The Kier molecular flexibility index (Phi) is 3.84. The molecule has 2 aromatic heterocycles. The Morgan fingerprint density at radius 3 is 2.88 bits per heavy atom. The Labute approximate surface area is 142 Å². The van der Waals surface area contributed by atoms with E-state index in [0.29, 0.717) is 40.3 Å². The first-order valence-corrected chi connectivity index (χ1v) is 8.20. The highest BCUT2D eigenvalue weighted by molar-refractivity contribution is 7.17. The van der Waals surface area contributed by atoms with Gasteiger partial charge in [0, 0.05) is 6.20 Å². The number of hydrogen-bond acceptors (Lipinski definition) is 6. The van der Waals surface area contributed by atoms with Crippen LogP contribution in [0.5, 0.6) is 11.5 Å². The molecule has 0 saturated carbocycles. The van der Waals surface area contributed by atoms with Gasteiger partial charge in [-0.2, -0.15) is 0 Å². The van der Waals surface area contributed by atoms with Crippen molar-refractivity contribution in [2.75, 3.05) is 18.5 Å². The van der Waals surface area contributed by atoms with Crippen LogP contribution in [-0.4, -0.2) is 29.1 Å². The van der Waals surface area contributed by atoms with Gasteiger partial charge in [-0.25, -0.2) is 4.98 Å². The van der Waals surface area contributed by atoms with Gasteiger partial charge in [-0.05, 0) is 24.3 Å². The molecule has 7 heteroatoms. The standard InChI is InChI=1S/C17H13N3O3S/c21-16(14-10-19-17(24-14)12-4-1-2-7-18-12)20-11-5-3-6-13-15(11)23-9-8-22-13/h1-7,10H,8-9H2,(H,20,21). The minimum absolute atomic E-state index is 0.239. The number of hydrogen-bond donors (Lipinski definition) is 1. The molecular formula is C17H13N3O3S. The first-order valence-electron chi connectivity index (χ1n) is 7.38. The molecule has 0 bridgehead atoms. The van der Waals surface area contributed by atoms with Crippen LogP contribution in [0.2, 0.25) is 0 Å². The molecule has 0 saturated heterocycles. The number of nitrogens with one attached hydrogen (secondary N) is 1. The fraction of sp³-hybridized carbons (Fsp3) is 0.118. The summed E-state index contributed by atoms with van der Waals surface area (Å²) in [6.45, 7) is 0.969. The minimum Gasteiger partial charge on any atom is -0.486 e. The lowest BCUT2D eigenvalue weighted by atomic mass is 10.2. The molecule has 0 fully saturated rings. The van der Waals surface area contributed by atoms with Crippen molar-refractivity contribution in [3.05, 3.63) is 53.7 Å². The summed E-state index contributed by atoms with van der Waals surface area (Å²) < 4.78 is 11.1. The molecule has 120 valence electrons. The van der Waals surface area contributed by atoms with E-state index in [9.17, 15) is 4.79 Å². The van der Waals surface area contributed by atoms with Gasteiger partial charge in [0.25, 0.3) is 5.91 Å². The summed E-state index contributed by atoms with van der Waals surface area (Å²) in [5.41, 5.74) is 1.33. The third kappa shape index (κ3) is 2.81. The fourth-order valence-corrected chi connectivity index (χ4v) is 3.13. The number of pyridine rings is 1. The summed E-state index contributed by atoms with van der Waals surface area (Å²) in [6.07, 6.45) is 3.25. The smallest absolute Gasteiger partial charge is 0.267 e. The lowest BCUT2D eigenvalue weighted by Gasteiger charge is -2.20. The molecule has 1 aliphatic heterocycles. The molecule has 0 spiro atoms. The van der Waals surface area contributed by atoms with Gasteiger partial charge < -0.3 is 14.8 Å². The van der Waals surface area contributed by atoms with Gasteiger partial charge in [0.05, 0.1) is 17.6 Å². The number of anilines is 1. The van der Waals surface area contributed by atoms with Crippen LogP contribution >= 0.6 is 11.3 Å². The number of para-hydroxylation sites is 1. The Morgan fingerprint density at radius 2 is 2.00 bits per heavy atom. The van der Waals surface area contributed by atoms with Crippen LogP contribution < -0.4 is 14.8 Å². The van der Waals surface area contributed by atoms with E-state index < -0.39 is 0 Å². The van der Waals surface area contributed by atoms with E-state index in [1.165, 1.54) is 11.3 Å². The molecule has 4 rings (SSSR count). The van der Waals surface area contributed by atoms with Crippen LogP contribution in [0.25, 0.3) is 10.7 Å². The fourth-order valence-electron chi connectivity index (χ4n) is 2.34. The van der Waals surface area contributed by atoms with Crippen LogP contribution in [0.4, 0.5) is 5.69 Å². The van der Waals surface area contributed by atoms with Gasteiger partial charge in [0.15, 0.2) is 11.5 Å². The highest BCUT2D eigenvalue weighted by Gasteiger charge is 2.19. The summed E-state index contributed by atoms with van der Waals surface area (Å²) in [4.78, 5) is 21.5. The molecule has 3 heterocycles. The normalized spacial score (nSPS) is 12.7. The van der Waals surface area contributed by atoms with Crippen molar-refractivity contribution in [1.29, 1.82) is 0 Å². The van der Waals surface area contributed by atoms with E-state index >= 15 is 0 Å². The van der Waals surface area contributed by atoms with Crippen molar-refractivity contribution < 1.29 is 14.3 Å². The average molecular weight is 339 g/mol. The van der Waals surface area contributed by atoms with Gasteiger partial charge in [-0.15, -0.1) is 11.3 Å². The van der Waals surface area contributed by atoms with Crippen molar-refractivity contribution in [3.8, 4) is 22.2 Å². The summed E-state index contributed by atoms with van der Waals surface area (Å²) >= 11 is 1.29. The first-order chi connectivity index (χ1) is 11.8. The van der Waals surface area contributed by atoms with E-state index in [1.807, 2.05) is 30.3 Å². The number of thiazole rings is 1. The van der Waals surface area contributed by atoms with Crippen molar-refractivity contribution in [1.82, 2.24) is 9.97 Å². The number of carbonyl (C=O) groups excluding carboxylic acids is 1. The zero-order valence-corrected chi connectivity index (χ0v) is 13.4. The predicted molar refractivity (Wildman–Crippen MR) is 90.7 cm³/mol. The maximum Gasteiger partial charge on any atom is 0.267 e. The Morgan fingerprint density at radius 1 is 1.08 bits per heavy atom. The lowest BCUT2D eigenvalue weighted by molar-refractivity contribution is 0.102. The summed E-state index contributed by atoms with van der Waals surface area (Å²) in [6, 6.07) is 11.0. The molecule has 6 nitrogen and oxygen atoms in total. The number of ether oxygens (including phenoxy) is 2. The molecule has 1 amide bonds. The van der Waals surface area contributed by atoms with Crippen molar-refractivity contribution >= 4 is 22.9 Å². The number of nitrogens with zero attached hydrogens (tertiary/aromatic N) is 2. The van der Waals surface area contributed by atoms with E-state index in [0.717, 1.165) is 5.69 Å². The highest BCUT2D eigenvalue weighted by atomic mass is 32.1. The second-order valence-corrected chi connectivity index (χ2v) is 6.06. The second-order valence-electron chi connectivity index (χ2n) is 5.03. The predicted octanol–water partition coefficient (Wildman–Crippen LogP) is 3.23. The Bertz CT molecular complexity index is 880. The third-order valence-corrected chi connectivity index (χ3v) is 4.45. The van der Waals surface area contributed by atoms with Gasteiger partial charge in [0.1, 0.15) is 23.1 Å². The molecule has 1 aromatic carbocycles. The molecule has 3 aromatic rings. The summed E-state index contributed by atoms with van der Waals surface area (Å²) in [5, 5.41) is 3.56. The monoisotopic (exact) mass is 339 g/mol. The number of carbonyl (C=O) groups is 1. The molecule has 0 radical (unpaired) electrons. The van der Waals surface area contributed by atoms with E-state index in [-0.39, 0.29) is 5.91 Å². The third-order valence-electron chi connectivity index (χ3n) is 3.43. The maximum absolute atomic E-state index is 12.5. The Hall–Kier alpha value is -2.93. The topological polar surface area (TPSA) is 73.3 Å². The SMILES string of the molecule is O=C(Nc1cccc2c1OCCO2)c1cnc(-c2ccccn2)s1. The number of fused-ring (bicyclic) bond motifs is 1. The van der Waals surface area contributed by atoms with Crippen molar-refractivity contribution in [2.24, 2.45) is 0 Å². The summed E-state index contributed by atoms with van der Waals surface area (Å²) in [5.74, 6) is 0.960. The number of aromatic nitrogens is 2. The quantitative estimate of drug-likeness (QED) is 0.793. The maximum atomic E-state index is 12.5. The average Bonchev–Trinajstić information content (AvgIpc) is 3.13. The Balaban J connectivity index is 1.56. The second kappa shape index (κ2) is 6.29. The van der Waals surface area contributed by atoms with Crippen LogP contribution in [0.15, 0.2) is 48.8 Å². The summed E-state index contributed by atoms with van der Waals surface area (Å²) in [7, 11) is 0.